The van der Waals surface area contributed by atoms with E-state index >= 15 is 0 Å². The molecule has 4 rings (SSSR count). The summed E-state index contributed by atoms with van der Waals surface area (Å²) in [5.41, 5.74) is 2.84. The second-order valence-electron chi connectivity index (χ2n) is 8.99. The van der Waals surface area contributed by atoms with Gasteiger partial charge in [-0.1, -0.05) is 49.4 Å². The van der Waals surface area contributed by atoms with Crippen LogP contribution in [0.25, 0.3) is 6.08 Å². The van der Waals surface area contributed by atoms with Crippen molar-refractivity contribution in [2.45, 2.75) is 26.2 Å². The number of nitrogens with zero attached hydrogens (tertiary/aromatic N) is 2. The van der Waals surface area contributed by atoms with Gasteiger partial charge >= 0.3 is 5.97 Å². The highest BCUT2D eigenvalue weighted by atomic mass is 32.1. The molecule has 0 bridgehead atoms. The summed E-state index contributed by atoms with van der Waals surface area (Å²) in [6.45, 7) is 7.07. The highest BCUT2D eigenvalue weighted by Gasteiger charge is 2.29. The molecule has 1 aliphatic carbocycles. The van der Waals surface area contributed by atoms with Crippen molar-refractivity contribution in [2.24, 2.45) is 5.92 Å². The van der Waals surface area contributed by atoms with E-state index in [4.69, 9.17) is 4.74 Å². The van der Waals surface area contributed by atoms with Crippen LogP contribution in [-0.2, 0) is 22.4 Å². The Balaban J connectivity index is 1.28. The molecule has 1 amide bonds. The molecule has 1 aromatic heterocycles. The van der Waals surface area contributed by atoms with Crippen molar-refractivity contribution >= 4 is 34.3 Å². The number of hydrogen-bond donors (Lipinski definition) is 1. The Morgan fingerprint density at radius 2 is 1.88 bits per heavy atom. The standard InChI is InChI=1S/C26H33N3O3S/c1-19-10-11-21-22(17-19)33-25(24(21)26(31)32-2)27-23(30)18-29-15-13-28(14-16-29)12-6-9-20-7-4-3-5-8-20/h3-9,19H,10-18H2,1-2H3,(H,27,30)/b9-6+. The largest absolute Gasteiger partial charge is 0.465 e. The Morgan fingerprint density at radius 3 is 2.61 bits per heavy atom. The third-order valence-corrected chi connectivity index (χ3v) is 7.63. The van der Waals surface area contributed by atoms with Crippen molar-refractivity contribution in [3.8, 4) is 0 Å². The van der Waals surface area contributed by atoms with Crippen molar-refractivity contribution in [3.05, 3.63) is 58.0 Å². The fourth-order valence-corrected chi connectivity index (χ4v) is 5.97. The van der Waals surface area contributed by atoms with Crippen molar-refractivity contribution in [1.29, 1.82) is 0 Å². The number of esters is 1. The number of anilines is 1. The van der Waals surface area contributed by atoms with E-state index in [1.807, 2.05) is 18.2 Å². The summed E-state index contributed by atoms with van der Waals surface area (Å²) in [5, 5.41) is 3.67. The number of carbonyl (C=O) groups is 2. The smallest absolute Gasteiger partial charge is 0.341 e. The van der Waals surface area contributed by atoms with Crippen LogP contribution in [0.15, 0.2) is 36.4 Å². The van der Waals surface area contributed by atoms with Crippen LogP contribution in [-0.4, -0.2) is 68.1 Å². The van der Waals surface area contributed by atoms with Gasteiger partial charge in [-0.2, -0.15) is 0 Å². The summed E-state index contributed by atoms with van der Waals surface area (Å²) in [5.74, 6) is 0.183. The topological polar surface area (TPSA) is 61.9 Å². The highest BCUT2D eigenvalue weighted by molar-refractivity contribution is 7.17. The minimum absolute atomic E-state index is 0.0655. The average Bonchev–Trinajstić information content (AvgIpc) is 3.17. The molecule has 1 unspecified atom stereocenters. The molecule has 2 heterocycles. The molecular weight excluding hydrogens is 434 g/mol. The number of carbonyl (C=O) groups excluding carboxylic acids is 2. The summed E-state index contributed by atoms with van der Waals surface area (Å²) in [6, 6.07) is 10.3. The Morgan fingerprint density at radius 1 is 1.15 bits per heavy atom. The zero-order valence-corrected chi connectivity index (χ0v) is 20.3. The molecule has 0 spiro atoms. The van der Waals surface area contributed by atoms with E-state index in [1.165, 1.54) is 17.6 Å². The van der Waals surface area contributed by atoms with Crippen molar-refractivity contribution in [1.82, 2.24) is 9.80 Å². The first kappa shape index (κ1) is 23.7. The molecule has 7 heteroatoms. The zero-order valence-electron chi connectivity index (χ0n) is 19.5. The lowest BCUT2D eigenvalue weighted by atomic mass is 9.88. The van der Waals surface area contributed by atoms with Gasteiger partial charge in [0.1, 0.15) is 5.00 Å². The molecule has 0 saturated carbocycles. The zero-order chi connectivity index (χ0) is 23.2. The van der Waals surface area contributed by atoms with Crippen LogP contribution in [0.3, 0.4) is 0 Å². The van der Waals surface area contributed by atoms with Gasteiger partial charge in [0.2, 0.25) is 5.91 Å². The molecule has 2 aromatic rings. The van der Waals surface area contributed by atoms with E-state index in [0.717, 1.165) is 57.5 Å². The van der Waals surface area contributed by atoms with Gasteiger partial charge in [-0.3, -0.25) is 14.6 Å². The molecular formula is C26H33N3O3S. The number of rotatable bonds is 7. The summed E-state index contributed by atoms with van der Waals surface area (Å²) >= 11 is 1.54. The Labute approximate surface area is 200 Å². The van der Waals surface area contributed by atoms with Crippen LogP contribution in [0.5, 0.6) is 0 Å². The number of thiophene rings is 1. The van der Waals surface area contributed by atoms with Gasteiger partial charge in [-0.25, -0.2) is 4.79 Å². The second-order valence-corrected chi connectivity index (χ2v) is 10.1. The summed E-state index contributed by atoms with van der Waals surface area (Å²) in [7, 11) is 1.40. The maximum Gasteiger partial charge on any atom is 0.341 e. The summed E-state index contributed by atoms with van der Waals surface area (Å²) in [6.07, 6.45) is 7.24. The molecule has 1 N–H and O–H groups in total. The van der Waals surface area contributed by atoms with Crippen LogP contribution >= 0.6 is 11.3 Å². The first-order valence-corrected chi connectivity index (χ1v) is 12.5. The van der Waals surface area contributed by atoms with E-state index in [9.17, 15) is 9.59 Å². The van der Waals surface area contributed by atoms with Gasteiger partial charge < -0.3 is 10.1 Å². The first-order valence-electron chi connectivity index (χ1n) is 11.7. The second kappa shape index (κ2) is 11.1. The lowest BCUT2D eigenvalue weighted by molar-refractivity contribution is -0.117. The third kappa shape index (κ3) is 6.10. The van der Waals surface area contributed by atoms with Crippen LogP contribution in [0.1, 0.15) is 39.7 Å². The number of benzene rings is 1. The maximum atomic E-state index is 12.8. The van der Waals surface area contributed by atoms with Crippen molar-refractivity contribution < 1.29 is 14.3 Å². The average molecular weight is 468 g/mol. The van der Waals surface area contributed by atoms with Crippen molar-refractivity contribution in [2.75, 3.05) is 51.7 Å². The quantitative estimate of drug-likeness (QED) is 0.626. The fourth-order valence-electron chi connectivity index (χ4n) is 4.56. The van der Waals surface area contributed by atoms with E-state index in [1.54, 1.807) is 11.3 Å². The van der Waals surface area contributed by atoms with Crippen molar-refractivity contribution in [3.63, 3.8) is 0 Å². The minimum Gasteiger partial charge on any atom is -0.465 e. The first-order chi connectivity index (χ1) is 16.0. The Bertz CT molecular complexity index is 994. The number of piperazine rings is 1. The molecule has 1 aromatic carbocycles. The highest BCUT2D eigenvalue weighted by Crippen LogP contribution is 2.40. The lowest BCUT2D eigenvalue weighted by Gasteiger charge is -2.33. The molecule has 1 fully saturated rings. The predicted octanol–water partition coefficient (Wildman–Crippen LogP) is 3.93. The molecule has 33 heavy (non-hydrogen) atoms. The van der Waals surface area contributed by atoms with Gasteiger partial charge in [-0.05, 0) is 36.3 Å². The van der Waals surface area contributed by atoms with Gasteiger partial charge in [0, 0.05) is 37.6 Å². The molecule has 176 valence electrons. The summed E-state index contributed by atoms with van der Waals surface area (Å²) in [4.78, 5) is 31.0. The van der Waals surface area contributed by atoms with Crippen LogP contribution in [0.2, 0.25) is 0 Å². The monoisotopic (exact) mass is 467 g/mol. The normalized spacial score (nSPS) is 19.4. The maximum absolute atomic E-state index is 12.8. The molecule has 1 atom stereocenters. The molecule has 1 aliphatic heterocycles. The molecule has 1 saturated heterocycles. The number of amides is 1. The Kier molecular flexibility index (Phi) is 7.96. The van der Waals surface area contributed by atoms with Gasteiger partial charge in [0.15, 0.2) is 0 Å². The Hall–Kier alpha value is -2.48. The molecule has 2 aliphatic rings. The van der Waals surface area contributed by atoms with Gasteiger partial charge in [-0.15, -0.1) is 11.3 Å². The fraction of sp³-hybridized carbons (Fsp3) is 0.462. The predicted molar refractivity (Wildman–Crippen MR) is 134 cm³/mol. The van der Waals surface area contributed by atoms with Gasteiger partial charge in [0.05, 0.1) is 19.2 Å². The van der Waals surface area contributed by atoms with E-state index in [-0.39, 0.29) is 11.9 Å². The number of hydrogen-bond acceptors (Lipinski definition) is 6. The molecule has 0 radical (unpaired) electrons. The third-order valence-electron chi connectivity index (χ3n) is 6.46. The number of nitrogens with one attached hydrogen (secondary N) is 1. The van der Waals surface area contributed by atoms with E-state index in [0.29, 0.717) is 23.0 Å². The molecule has 6 nitrogen and oxygen atoms in total. The minimum atomic E-state index is -0.352. The number of fused-ring (bicyclic) bond motifs is 1. The van der Waals surface area contributed by atoms with Crippen LogP contribution < -0.4 is 5.32 Å². The number of methoxy groups -OCH3 is 1. The summed E-state index contributed by atoms with van der Waals surface area (Å²) < 4.78 is 5.03. The lowest BCUT2D eigenvalue weighted by Crippen LogP contribution is -2.48. The number of ether oxygens (including phenoxy) is 1. The van der Waals surface area contributed by atoms with Crippen LogP contribution in [0.4, 0.5) is 5.00 Å². The van der Waals surface area contributed by atoms with Crippen LogP contribution in [0, 0.1) is 5.92 Å². The SMILES string of the molecule is COC(=O)c1c(NC(=O)CN2CCN(C/C=C/c3ccccc3)CC2)sc2c1CCC(C)C2. The van der Waals surface area contributed by atoms with E-state index in [2.05, 4.69) is 46.3 Å². The van der Waals surface area contributed by atoms with Gasteiger partial charge in [0.25, 0.3) is 0 Å². The van der Waals surface area contributed by atoms with E-state index < -0.39 is 0 Å².